The van der Waals surface area contributed by atoms with E-state index in [9.17, 15) is 19.8 Å². The standard InChI is InChI=1S/C13H16N2O4/c14-6-8-5-11(17)15(7-8)12(13(18)19)9-1-3-10(16)4-2-9/h1-4,8,12,16H,5-7,14H2,(H,18,19)/t8?,12-/m0/s1. The van der Waals surface area contributed by atoms with Gasteiger partial charge in [-0.05, 0) is 30.2 Å². The SMILES string of the molecule is NCC1CC(=O)N([C@H](C(=O)O)c2ccc(O)cc2)C1. The van der Waals surface area contributed by atoms with Gasteiger partial charge in [-0.2, -0.15) is 0 Å². The lowest BCUT2D eigenvalue weighted by atomic mass is 10.1. The zero-order valence-electron chi connectivity index (χ0n) is 10.3. The molecule has 102 valence electrons. The number of benzene rings is 1. The van der Waals surface area contributed by atoms with E-state index in [1.807, 2.05) is 0 Å². The minimum atomic E-state index is -1.09. The minimum absolute atomic E-state index is 0.00599. The Morgan fingerprint density at radius 2 is 2.05 bits per heavy atom. The number of likely N-dealkylation sites (tertiary alicyclic amines) is 1. The number of aromatic hydroxyl groups is 1. The highest BCUT2D eigenvalue weighted by atomic mass is 16.4. The average Bonchev–Trinajstić information content (AvgIpc) is 2.73. The Hall–Kier alpha value is -2.08. The van der Waals surface area contributed by atoms with Gasteiger partial charge >= 0.3 is 5.97 Å². The van der Waals surface area contributed by atoms with Crippen molar-refractivity contribution in [2.45, 2.75) is 12.5 Å². The van der Waals surface area contributed by atoms with Crippen LogP contribution >= 0.6 is 0 Å². The molecule has 0 aromatic heterocycles. The zero-order chi connectivity index (χ0) is 14.0. The van der Waals surface area contributed by atoms with Crippen LogP contribution in [0.25, 0.3) is 0 Å². The van der Waals surface area contributed by atoms with E-state index in [1.54, 1.807) is 0 Å². The summed E-state index contributed by atoms with van der Waals surface area (Å²) >= 11 is 0. The molecule has 1 fully saturated rings. The summed E-state index contributed by atoms with van der Waals surface area (Å²) in [4.78, 5) is 24.7. The normalized spacial score (nSPS) is 20.6. The maximum absolute atomic E-state index is 11.9. The number of rotatable bonds is 4. The Bertz CT molecular complexity index is 486. The number of phenols is 1. The molecule has 1 aromatic carbocycles. The molecule has 0 bridgehead atoms. The van der Waals surface area contributed by atoms with Crippen LogP contribution in [0.4, 0.5) is 0 Å². The van der Waals surface area contributed by atoms with Crippen molar-refractivity contribution in [2.24, 2.45) is 11.7 Å². The molecule has 1 amide bonds. The summed E-state index contributed by atoms with van der Waals surface area (Å²) in [5.74, 6) is -1.22. The lowest BCUT2D eigenvalue weighted by molar-refractivity contribution is -0.148. The number of phenolic OH excluding ortho intramolecular Hbond substituents is 1. The average molecular weight is 264 g/mol. The maximum atomic E-state index is 11.9. The van der Waals surface area contributed by atoms with E-state index in [0.29, 0.717) is 25.1 Å². The Balaban J connectivity index is 2.28. The van der Waals surface area contributed by atoms with E-state index in [4.69, 9.17) is 5.73 Å². The molecule has 0 radical (unpaired) electrons. The van der Waals surface area contributed by atoms with E-state index in [1.165, 1.54) is 29.2 Å². The highest BCUT2D eigenvalue weighted by molar-refractivity contribution is 5.86. The molecule has 1 aliphatic heterocycles. The number of carbonyl (C=O) groups excluding carboxylic acids is 1. The van der Waals surface area contributed by atoms with Crippen LogP contribution in [0, 0.1) is 5.92 Å². The van der Waals surface area contributed by atoms with Gasteiger partial charge < -0.3 is 20.8 Å². The molecule has 1 aromatic rings. The fraction of sp³-hybridized carbons (Fsp3) is 0.385. The molecule has 0 saturated carbocycles. The molecule has 6 nitrogen and oxygen atoms in total. The van der Waals surface area contributed by atoms with Crippen LogP contribution in [-0.4, -0.2) is 40.1 Å². The molecule has 0 aliphatic carbocycles. The van der Waals surface area contributed by atoms with Crippen LogP contribution in [0.5, 0.6) is 5.75 Å². The van der Waals surface area contributed by atoms with E-state index < -0.39 is 12.0 Å². The van der Waals surface area contributed by atoms with Gasteiger partial charge in [0.2, 0.25) is 5.91 Å². The fourth-order valence-electron chi connectivity index (χ4n) is 2.33. The van der Waals surface area contributed by atoms with E-state index in [-0.39, 0.29) is 17.6 Å². The first-order valence-corrected chi connectivity index (χ1v) is 6.04. The van der Waals surface area contributed by atoms with E-state index in [0.717, 1.165) is 0 Å². The fourth-order valence-corrected chi connectivity index (χ4v) is 2.33. The van der Waals surface area contributed by atoms with Gasteiger partial charge in [-0.25, -0.2) is 4.79 Å². The van der Waals surface area contributed by atoms with E-state index in [2.05, 4.69) is 0 Å². The number of hydrogen-bond acceptors (Lipinski definition) is 4. The summed E-state index contributed by atoms with van der Waals surface area (Å²) in [6.45, 7) is 0.720. The molecule has 2 rings (SSSR count). The second-order valence-corrected chi connectivity index (χ2v) is 4.68. The predicted octanol–water partition coefficient (Wildman–Crippen LogP) is 0.325. The molecule has 0 spiro atoms. The number of nitrogens with zero attached hydrogens (tertiary/aromatic N) is 1. The summed E-state index contributed by atoms with van der Waals surface area (Å²) in [5, 5.41) is 18.6. The first-order valence-electron chi connectivity index (χ1n) is 6.04. The van der Waals surface area contributed by atoms with Crippen LogP contribution < -0.4 is 5.73 Å². The summed E-state index contributed by atoms with van der Waals surface area (Å²) in [7, 11) is 0. The molecular weight excluding hydrogens is 248 g/mol. The number of nitrogens with two attached hydrogens (primary N) is 1. The van der Waals surface area contributed by atoms with Crippen LogP contribution in [0.3, 0.4) is 0 Å². The van der Waals surface area contributed by atoms with Crippen molar-refractivity contribution in [3.63, 3.8) is 0 Å². The molecule has 1 unspecified atom stereocenters. The number of amides is 1. The molecule has 6 heteroatoms. The van der Waals surface area contributed by atoms with Gasteiger partial charge in [-0.1, -0.05) is 12.1 Å². The van der Waals surface area contributed by atoms with Gasteiger partial charge in [0.15, 0.2) is 6.04 Å². The predicted molar refractivity (Wildman–Crippen MR) is 67.4 cm³/mol. The third kappa shape index (κ3) is 2.68. The number of hydrogen-bond donors (Lipinski definition) is 3. The van der Waals surface area contributed by atoms with Crippen molar-refractivity contribution in [3.8, 4) is 5.75 Å². The molecular formula is C13H16N2O4. The van der Waals surface area contributed by atoms with Gasteiger partial charge in [0.1, 0.15) is 5.75 Å². The number of carboxylic acid groups (broad SMARTS) is 1. The smallest absolute Gasteiger partial charge is 0.331 e. The maximum Gasteiger partial charge on any atom is 0.331 e. The van der Waals surface area contributed by atoms with Crippen LogP contribution in [0.1, 0.15) is 18.0 Å². The molecule has 1 aliphatic rings. The second-order valence-electron chi connectivity index (χ2n) is 4.68. The van der Waals surface area contributed by atoms with Gasteiger partial charge in [0.05, 0.1) is 0 Å². The van der Waals surface area contributed by atoms with Gasteiger partial charge in [-0.15, -0.1) is 0 Å². The third-order valence-corrected chi connectivity index (χ3v) is 3.33. The van der Waals surface area contributed by atoms with Crippen LogP contribution in [0.2, 0.25) is 0 Å². The largest absolute Gasteiger partial charge is 0.508 e. The molecule has 19 heavy (non-hydrogen) atoms. The molecule has 2 atom stereocenters. The highest BCUT2D eigenvalue weighted by Gasteiger charge is 2.37. The Labute approximate surface area is 110 Å². The summed E-state index contributed by atoms with van der Waals surface area (Å²) < 4.78 is 0. The Morgan fingerprint density at radius 1 is 1.42 bits per heavy atom. The third-order valence-electron chi connectivity index (χ3n) is 3.33. The summed E-state index contributed by atoms with van der Waals surface area (Å²) in [6.07, 6.45) is 0.290. The van der Waals surface area contributed by atoms with Gasteiger partial charge in [0, 0.05) is 13.0 Å². The molecule has 1 heterocycles. The Morgan fingerprint density at radius 3 is 2.53 bits per heavy atom. The van der Waals surface area contributed by atoms with Crippen molar-refractivity contribution in [1.82, 2.24) is 4.90 Å². The number of carboxylic acids is 1. The monoisotopic (exact) mass is 264 g/mol. The van der Waals surface area contributed by atoms with E-state index >= 15 is 0 Å². The highest BCUT2D eigenvalue weighted by Crippen LogP contribution is 2.29. The van der Waals surface area contributed by atoms with Gasteiger partial charge in [0.25, 0.3) is 0 Å². The van der Waals surface area contributed by atoms with Crippen molar-refractivity contribution in [2.75, 3.05) is 13.1 Å². The lowest BCUT2D eigenvalue weighted by Crippen LogP contribution is -2.35. The van der Waals surface area contributed by atoms with Crippen molar-refractivity contribution in [3.05, 3.63) is 29.8 Å². The first-order chi connectivity index (χ1) is 9.02. The lowest BCUT2D eigenvalue weighted by Gasteiger charge is -2.25. The molecule has 1 saturated heterocycles. The Kier molecular flexibility index (Phi) is 3.71. The summed E-state index contributed by atoms with van der Waals surface area (Å²) in [5.41, 5.74) is 6.00. The number of aliphatic carboxylic acids is 1. The van der Waals surface area contributed by atoms with Crippen molar-refractivity contribution < 1.29 is 19.8 Å². The van der Waals surface area contributed by atoms with Crippen LogP contribution in [0.15, 0.2) is 24.3 Å². The van der Waals surface area contributed by atoms with Gasteiger partial charge in [-0.3, -0.25) is 4.79 Å². The topological polar surface area (TPSA) is 104 Å². The van der Waals surface area contributed by atoms with Crippen molar-refractivity contribution in [1.29, 1.82) is 0 Å². The van der Waals surface area contributed by atoms with Crippen LogP contribution in [-0.2, 0) is 9.59 Å². The number of carbonyl (C=O) groups is 2. The zero-order valence-corrected chi connectivity index (χ0v) is 10.3. The summed E-state index contributed by atoms with van der Waals surface area (Å²) in [6, 6.07) is 4.82. The first kappa shape index (κ1) is 13.4. The minimum Gasteiger partial charge on any atom is -0.508 e. The quantitative estimate of drug-likeness (QED) is 0.726. The van der Waals surface area contributed by atoms with Crippen molar-refractivity contribution >= 4 is 11.9 Å². The second kappa shape index (κ2) is 5.27. The molecule has 4 N–H and O–H groups in total.